The third-order valence-corrected chi connectivity index (χ3v) is 4.86. The number of hydrogen-bond donors (Lipinski definition) is 0. The van der Waals surface area contributed by atoms with Gasteiger partial charge in [-0.1, -0.05) is 54.8 Å². The van der Waals surface area contributed by atoms with E-state index in [1.54, 1.807) is 6.07 Å². The molecule has 0 spiro atoms. The molecule has 0 heterocycles. The molecule has 0 amide bonds. The molecule has 0 atom stereocenters. The monoisotopic (exact) mass is 351 g/mol. The molecule has 1 aliphatic rings. The van der Waals surface area contributed by atoms with Gasteiger partial charge in [0, 0.05) is 11.1 Å². The quantitative estimate of drug-likeness (QED) is 0.340. The van der Waals surface area contributed by atoms with E-state index >= 15 is 0 Å². The fourth-order valence-electron chi connectivity index (χ4n) is 3.14. The Kier molecular flexibility index (Phi) is 5.83. The summed E-state index contributed by atoms with van der Waals surface area (Å²) in [6.07, 6.45) is 6.73. The van der Waals surface area contributed by atoms with E-state index in [0.717, 1.165) is 17.0 Å². The number of thiocarbonyl (C=S) groups is 1. The lowest BCUT2D eigenvalue weighted by Gasteiger charge is -2.21. The minimum absolute atomic E-state index is 0.577. The van der Waals surface area contributed by atoms with E-state index in [1.807, 2.05) is 12.1 Å². The summed E-state index contributed by atoms with van der Waals surface area (Å²) in [4.78, 5) is 3.91. The largest absolute Gasteiger partial charge is 0.195 e. The molecule has 0 bridgehead atoms. The molecule has 0 aromatic heterocycles. The summed E-state index contributed by atoms with van der Waals surface area (Å²) in [5, 5.41) is 2.91. The Hall–Kier alpha value is -1.91. The molecule has 0 saturated heterocycles. The maximum absolute atomic E-state index is 6.23. The van der Waals surface area contributed by atoms with Crippen LogP contribution in [-0.4, -0.2) is 5.16 Å². The van der Waals surface area contributed by atoms with Crippen molar-refractivity contribution in [1.82, 2.24) is 0 Å². The number of nitrogens with zero attached hydrogens (tertiary/aromatic N) is 1. The highest BCUT2D eigenvalue weighted by atomic mass is 35.5. The minimum atomic E-state index is 0.577. The van der Waals surface area contributed by atoms with Crippen LogP contribution in [0.2, 0.25) is 5.02 Å². The van der Waals surface area contributed by atoms with Crippen molar-refractivity contribution < 1.29 is 0 Å². The van der Waals surface area contributed by atoms with Crippen molar-refractivity contribution in [3.05, 3.63) is 64.2 Å². The summed E-state index contributed by atoms with van der Waals surface area (Å²) in [5.41, 5.74) is 3.93. The molecular formula is C21H18ClNS. The first-order valence-corrected chi connectivity index (χ1v) is 9.04. The van der Waals surface area contributed by atoms with Crippen LogP contribution >= 0.6 is 23.8 Å². The molecule has 1 aliphatic carbocycles. The maximum Gasteiger partial charge on any atom is 0.0755 e. The van der Waals surface area contributed by atoms with E-state index < -0.39 is 0 Å². The molecule has 0 radical (unpaired) electrons. The van der Waals surface area contributed by atoms with Gasteiger partial charge in [0.25, 0.3) is 0 Å². The summed E-state index contributed by atoms with van der Waals surface area (Å²) in [6, 6.07) is 14.1. The van der Waals surface area contributed by atoms with Gasteiger partial charge in [0.15, 0.2) is 0 Å². The number of rotatable bonds is 2. The predicted molar refractivity (Wildman–Crippen MR) is 104 cm³/mol. The molecule has 1 saturated carbocycles. The standard InChI is InChI=1S/C21H18ClNS/c22-21-14-20(23-15-24)13-12-19(21)11-8-16-6-9-18(10-7-16)17-4-2-1-3-5-17/h6-7,9-10,12-14,17H,1-5H2. The normalized spacial score (nSPS) is 14.4. The van der Waals surface area contributed by atoms with Gasteiger partial charge in [-0.3, -0.25) is 0 Å². The molecule has 0 N–H and O–H groups in total. The number of isothiocyanates is 1. The highest BCUT2D eigenvalue weighted by molar-refractivity contribution is 7.78. The molecule has 2 aromatic carbocycles. The molecule has 24 heavy (non-hydrogen) atoms. The van der Waals surface area contributed by atoms with Crippen LogP contribution in [0.15, 0.2) is 47.5 Å². The minimum Gasteiger partial charge on any atom is -0.195 e. The molecule has 3 heteroatoms. The van der Waals surface area contributed by atoms with Crippen molar-refractivity contribution in [2.45, 2.75) is 38.0 Å². The van der Waals surface area contributed by atoms with Crippen LogP contribution < -0.4 is 0 Å². The third kappa shape index (κ3) is 4.34. The zero-order valence-electron chi connectivity index (χ0n) is 13.4. The maximum atomic E-state index is 6.23. The van der Waals surface area contributed by atoms with Gasteiger partial charge in [-0.05, 0) is 66.9 Å². The van der Waals surface area contributed by atoms with Crippen LogP contribution in [0, 0.1) is 11.8 Å². The summed E-state index contributed by atoms with van der Waals surface area (Å²) < 4.78 is 0. The Morgan fingerprint density at radius 3 is 2.38 bits per heavy atom. The van der Waals surface area contributed by atoms with Gasteiger partial charge in [0.1, 0.15) is 0 Å². The lowest BCUT2D eigenvalue weighted by Crippen LogP contribution is -2.04. The van der Waals surface area contributed by atoms with Crippen molar-refractivity contribution in [3.63, 3.8) is 0 Å². The van der Waals surface area contributed by atoms with Gasteiger partial charge in [-0.2, -0.15) is 4.99 Å². The topological polar surface area (TPSA) is 12.4 Å². The smallest absolute Gasteiger partial charge is 0.0755 e. The summed E-state index contributed by atoms with van der Waals surface area (Å²) >= 11 is 10.8. The number of aliphatic imine (C=N–C) groups is 1. The number of benzene rings is 2. The zero-order chi connectivity index (χ0) is 16.8. The Morgan fingerprint density at radius 1 is 0.958 bits per heavy atom. The fourth-order valence-corrected chi connectivity index (χ4v) is 3.47. The van der Waals surface area contributed by atoms with E-state index in [2.05, 4.69) is 58.5 Å². The molecule has 2 aromatic rings. The van der Waals surface area contributed by atoms with Crippen LogP contribution in [0.5, 0.6) is 0 Å². The van der Waals surface area contributed by atoms with Gasteiger partial charge in [-0.25, -0.2) is 0 Å². The summed E-state index contributed by atoms with van der Waals surface area (Å²) in [7, 11) is 0. The van der Waals surface area contributed by atoms with Gasteiger partial charge < -0.3 is 0 Å². The number of hydrogen-bond acceptors (Lipinski definition) is 2. The first kappa shape index (κ1) is 16.9. The highest BCUT2D eigenvalue weighted by Crippen LogP contribution is 2.32. The van der Waals surface area contributed by atoms with E-state index in [1.165, 1.54) is 37.7 Å². The Morgan fingerprint density at radius 2 is 1.71 bits per heavy atom. The van der Waals surface area contributed by atoms with E-state index in [0.29, 0.717) is 10.7 Å². The summed E-state index contributed by atoms with van der Waals surface area (Å²) in [5.74, 6) is 7.04. The van der Waals surface area contributed by atoms with Gasteiger partial charge in [-0.15, -0.1) is 0 Å². The molecule has 120 valence electrons. The number of halogens is 1. The van der Waals surface area contributed by atoms with Crippen molar-refractivity contribution in [2.24, 2.45) is 4.99 Å². The van der Waals surface area contributed by atoms with Crippen LogP contribution in [0.3, 0.4) is 0 Å². The second kappa shape index (κ2) is 8.27. The third-order valence-electron chi connectivity index (χ3n) is 4.46. The fraction of sp³-hybridized carbons (Fsp3) is 0.286. The van der Waals surface area contributed by atoms with Crippen LogP contribution in [0.25, 0.3) is 0 Å². The second-order valence-electron chi connectivity index (χ2n) is 6.07. The van der Waals surface area contributed by atoms with Crippen molar-refractivity contribution >= 4 is 34.7 Å². The van der Waals surface area contributed by atoms with E-state index in [9.17, 15) is 0 Å². The average Bonchev–Trinajstić information content (AvgIpc) is 2.62. The first-order valence-electron chi connectivity index (χ1n) is 8.25. The highest BCUT2D eigenvalue weighted by Gasteiger charge is 2.14. The molecule has 3 rings (SSSR count). The zero-order valence-corrected chi connectivity index (χ0v) is 15.0. The average molecular weight is 352 g/mol. The van der Waals surface area contributed by atoms with Crippen molar-refractivity contribution in [1.29, 1.82) is 0 Å². The van der Waals surface area contributed by atoms with Gasteiger partial charge >= 0.3 is 0 Å². The van der Waals surface area contributed by atoms with Gasteiger partial charge in [0.05, 0.1) is 15.9 Å². The van der Waals surface area contributed by atoms with Gasteiger partial charge in [0.2, 0.25) is 0 Å². The molecule has 1 nitrogen and oxygen atoms in total. The summed E-state index contributed by atoms with van der Waals surface area (Å²) in [6.45, 7) is 0. The van der Waals surface area contributed by atoms with Crippen LogP contribution in [-0.2, 0) is 0 Å². The van der Waals surface area contributed by atoms with E-state index in [4.69, 9.17) is 11.6 Å². The molecule has 0 aliphatic heterocycles. The van der Waals surface area contributed by atoms with Crippen LogP contribution in [0.4, 0.5) is 5.69 Å². The molecule has 0 unspecified atom stereocenters. The second-order valence-corrected chi connectivity index (χ2v) is 6.66. The first-order chi connectivity index (χ1) is 11.8. The van der Waals surface area contributed by atoms with Crippen LogP contribution in [0.1, 0.15) is 54.7 Å². The Balaban J connectivity index is 1.75. The molecule has 1 fully saturated rings. The lowest BCUT2D eigenvalue weighted by molar-refractivity contribution is 0.443. The lowest BCUT2D eigenvalue weighted by atomic mass is 9.84. The Labute approximate surface area is 153 Å². The Bertz CT molecular complexity index is 817. The predicted octanol–water partition coefficient (Wildman–Crippen LogP) is 6.52. The van der Waals surface area contributed by atoms with Crippen molar-refractivity contribution in [3.8, 4) is 11.8 Å². The van der Waals surface area contributed by atoms with Crippen molar-refractivity contribution in [2.75, 3.05) is 0 Å². The molecular weight excluding hydrogens is 334 g/mol. The SMILES string of the molecule is S=C=Nc1ccc(C#Cc2ccc(C3CCCCC3)cc2)c(Cl)c1. The van der Waals surface area contributed by atoms with E-state index in [-0.39, 0.29) is 0 Å².